The number of rotatable bonds is 7. The van der Waals surface area contributed by atoms with Crippen LogP contribution in [0.1, 0.15) is 60.7 Å². The molecular formula is C30H37N7O. The summed E-state index contributed by atoms with van der Waals surface area (Å²) in [7, 11) is 0. The Morgan fingerprint density at radius 1 is 0.974 bits per heavy atom. The molecule has 1 aliphatic carbocycles. The number of fused-ring (bicyclic) bond motifs is 1. The molecule has 1 saturated carbocycles. The second kappa shape index (κ2) is 11.2. The first-order valence-corrected chi connectivity index (χ1v) is 14.1. The summed E-state index contributed by atoms with van der Waals surface area (Å²) < 4.78 is 1.89. The molecular weight excluding hydrogens is 474 g/mol. The molecule has 38 heavy (non-hydrogen) atoms. The minimum atomic E-state index is -0.303. The van der Waals surface area contributed by atoms with Gasteiger partial charge in [-0.05, 0) is 59.2 Å². The van der Waals surface area contributed by atoms with Crippen molar-refractivity contribution in [3.8, 4) is 0 Å². The van der Waals surface area contributed by atoms with E-state index in [1.807, 2.05) is 29.8 Å². The highest BCUT2D eigenvalue weighted by Crippen LogP contribution is 2.30. The molecule has 0 spiro atoms. The summed E-state index contributed by atoms with van der Waals surface area (Å²) >= 11 is 0. The van der Waals surface area contributed by atoms with Gasteiger partial charge in [0.15, 0.2) is 5.82 Å². The summed E-state index contributed by atoms with van der Waals surface area (Å²) in [6.07, 6.45) is 7.50. The van der Waals surface area contributed by atoms with Crippen LogP contribution in [-0.2, 0) is 13.0 Å². The third kappa shape index (κ3) is 5.15. The molecule has 1 N–H and O–H groups in total. The highest BCUT2D eigenvalue weighted by atomic mass is 16.1. The predicted molar refractivity (Wildman–Crippen MR) is 149 cm³/mol. The Kier molecular flexibility index (Phi) is 7.33. The normalized spacial score (nSPS) is 18.7. The lowest BCUT2D eigenvalue weighted by atomic mass is 9.93. The molecule has 3 heterocycles. The third-order valence-electron chi connectivity index (χ3n) is 8.48. The number of hydrogen-bond donors (Lipinski definition) is 1. The molecule has 2 aliphatic rings. The van der Waals surface area contributed by atoms with E-state index in [9.17, 15) is 4.79 Å². The van der Waals surface area contributed by atoms with Gasteiger partial charge in [0.2, 0.25) is 0 Å². The van der Waals surface area contributed by atoms with Gasteiger partial charge < -0.3 is 4.98 Å². The molecule has 2 aromatic carbocycles. The summed E-state index contributed by atoms with van der Waals surface area (Å²) in [5, 5.41) is 14.0. The lowest BCUT2D eigenvalue weighted by molar-refractivity contribution is 0.0617. The first kappa shape index (κ1) is 24.9. The van der Waals surface area contributed by atoms with Crippen LogP contribution in [0.5, 0.6) is 0 Å². The van der Waals surface area contributed by atoms with Crippen molar-refractivity contribution in [2.45, 2.75) is 64.1 Å². The van der Waals surface area contributed by atoms with Gasteiger partial charge >= 0.3 is 0 Å². The second-order valence-corrected chi connectivity index (χ2v) is 10.9. The summed E-state index contributed by atoms with van der Waals surface area (Å²) in [6, 6.07) is 19.0. The van der Waals surface area contributed by atoms with Crippen molar-refractivity contribution in [3.63, 3.8) is 0 Å². The summed E-state index contributed by atoms with van der Waals surface area (Å²) in [5.74, 6) is 0.740. The number of nitrogens with zero attached hydrogens (tertiary/aromatic N) is 6. The van der Waals surface area contributed by atoms with Gasteiger partial charge in [-0.3, -0.25) is 14.6 Å². The van der Waals surface area contributed by atoms with Crippen LogP contribution in [0.25, 0.3) is 10.9 Å². The van der Waals surface area contributed by atoms with Crippen molar-refractivity contribution in [1.29, 1.82) is 0 Å². The molecule has 2 fully saturated rings. The van der Waals surface area contributed by atoms with Gasteiger partial charge in [-0.2, -0.15) is 0 Å². The van der Waals surface area contributed by atoms with Crippen LogP contribution >= 0.6 is 0 Å². The van der Waals surface area contributed by atoms with Crippen LogP contribution in [0.2, 0.25) is 0 Å². The Morgan fingerprint density at radius 3 is 2.55 bits per heavy atom. The summed E-state index contributed by atoms with van der Waals surface area (Å²) in [5.41, 5.74) is 3.85. The fourth-order valence-corrected chi connectivity index (χ4v) is 6.36. The monoisotopic (exact) mass is 511 g/mol. The lowest BCUT2D eigenvalue weighted by Gasteiger charge is -2.43. The van der Waals surface area contributed by atoms with Crippen molar-refractivity contribution in [1.82, 2.24) is 35.0 Å². The third-order valence-corrected chi connectivity index (χ3v) is 8.48. The predicted octanol–water partition coefficient (Wildman–Crippen LogP) is 4.11. The molecule has 4 aromatic rings. The van der Waals surface area contributed by atoms with E-state index >= 15 is 0 Å². The van der Waals surface area contributed by atoms with Gasteiger partial charge in [-0.15, -0.1) is 5.10 Å². The molecule has 8 nitrogen and oxygen atoms in total. The van der Waals surface area contributed by atoms with Crippen LogP contribution in [0.3, 0.4) is 0 Å². The van der Waals surface area contributed by atoms with E-state index in [2.05, 4.69) is 66.7 Å². The molecule has 1 aliphatic heterocycles. The van der Waals surface area contributed by atoms with Crippen LogP contribution in [0.15, 0.2) is 59.4 Å². The fraction of sp³-hybridized carbons (Fsp3) is 0.467. The van der Waals surface area contributed by atoms with Gasteiger partial charge in [0.05, 0.1) is 5.52 Å². The number of aryl methyl sites for hydroxylation is 3. The topological polar surface area (TPSA) is 82.9 Å². The van der Waals surface area contributed by atoms with E-state index < -0.39 is 0 Å². The molecule has 1 saturated heterocycles. The maximum Gasteiger partial charge on any atom is 0.253 e. The van der Waals surface area contributed by atoms with Crippen LogP contribution in [0, 0.1) is 6.92 Å². The number of pyridine rings is 1. The van der Waals surface area contributed by atoms with Crippen molar-refractivity contribution >= 4 is 10.9 Å². The Hall–Kier alpha value is -3.36. The van der Waals surface area contributed by atoms with E-state index in [0.717, 1.165) is 54.9 Å². The number of hydrogen-bond acceptors (Lipinski definition) is 6. The maximum atomic E-state index is 13.6. The number of aromatic amines is 1. The SMILES string of the molecule is Cc1cccc2cc([C@H](c3nnnn3CCc3ccccc3)N3CCN(C4CCCCC4)CC3)c(=O)[nH]c12. The van der Waals surface area contributed by atoms with E-state index in [0.29, 0.717) is 18.2 Å². The minimum absolute atomic E-state index is 0.0656. The number of benzene rings is 2. The molecule has 0 radical (unpaired) electrons. The van der Waals surface area contributed by atoms with Crippen molar-refractivity contribution in [3.05, 3.63) is 87.5 Å². The van der Waals surface area contributed by atoms with Gasteiger partial charge in [0, 0.05) is 44.3 Å². The number of H-pyrrole nitrogens is 1. The second-order valence-electron chi connectivity index (χ2n) is 10.9. The average molecular weight is 512 g/mol. The van der Waals surface area contributed by atoms with E-state index in [-0.39, 0.29) is 11.6 Å². The van der Waals surface area contributed by atoms with Gasteiger partial charge in [0.1, 0.15) is 6.04 Å². The standard InChI is InChI=1S/C30H37N7O/c1-22-9-8-12-24-21-26(30(38)31-27(22)24)28(36-19-17-35(18-20-36)25-13-6-3-7-14-25)29-32-33-34-37(29)16-15-23-10-4-2-5-11-23/h2,4-5,8-12,21,25,28H,3,6-7,13-20H2,1H3,(H,31,38)/t28-/m1/s1. The number of aromatic nitrogens is 5. The molecule has 0 unspecified atom stereocenters. The average Bonchev–Trinajstić information content (AvgIpc) is 3.42. The lowest BCUT2D eigenvalue weighted by Crippen LogP contribution is -2.52. The zero-order valence-electron chi connectivity index (χ0n) is 22.2. The molecule has 0 bridgehead atoms. The number of para-hydroxylation sites is 1. The first-order valence-electron chi connectivity index (χ1n) is 14.1. The van der Waals surface area contributed by atoms with Crippen molar-refractivity contribution < 1.29 is 0 Å². The molecule has 0 amide bonds. The highest BCUT2D eigenvalue weighted by molar-refractivity contribution is 5.82. The van der Waals surface area contributed by atoms with Crippen molar-refractivity contribution in [2.24, 2.45) is 0 Å². The zero-order chi connectivity index (χ0) is 25.9. The van der Waals surface area contributed by atoms with Crippen LogP contribution in [-0.4, -0.2) is 67.2 Å². The number of tetrazole rings is 1. The molecule has 1 atom stereocenters. The Bertz CT molecular complexity index is 1420. The molecule has 8 heteroatoms. The Balaban J connectivity index is 1.33. The zero-order valence-corrected chi connectivity index (χ0v) is 22.2. The Morgan fingerprint density at radius 2 is 1.76 bits per heavy atom. The fourth-order valence-electron chi connectivity index (χ4n) is 6.36. The van der Waals surface area contributed by atoms with Crippen LogP contribution in [0.4, 0.5) is 0 Å². The van der Waals surface area contributed by atoms with E-state index in [4.69, 9.17) is 0 Å². The smallest absolute Gasteiger partial charge is 0.253 e. The van der Waals surface area contributed by atoms with Gasteiger partial charge in [0.25, 0.3) is 5.56 Å². The van der Waals surface area contributed by atoms with Crippen molar-refractivity contribution in [2.75, 3.05) is 26.2 Å². The quantitative estimate of drug-likeness (QED) is 0.402. The number of piperazine rings is 1. The molecule has 198 valence electrons. The summed E-state index contributed by atoms with van der Waals surface area (Å²) in [6.45, 7) is 6.49. The number of nitrogens with one attached hydrogen (secondary N) is 1. The largest absolute Gasteiger partial charge is 0.321 e. The Labute approximate surface area is 223 Å². The maximum absolute atomic E-state index is 13.6. The van der Waals surface area contributed by atoms with E-state index in [1.54, 1.807) is 0 Å². The van der Waals surface area contributed by atoms with Crippen LogP contribution < -0.4 is 5.56 Å². The van der Waals surface area contributed by atoms with E-state index in [1.165, 1.54) is 37.7 Å². The van der Waals surface area contributed by atoms with Gasteiger partial charge in [-0.1, -0.05) is 67.8 Å². The molecule has 6 rings (SSSR count). The van der Waals surface area contributed by atoms with Gasteiger partial charge in [-0.25, -0.2) is 4.68 Å². The minimum Gasteiger partial charge on any atom is -0.321 e. The highest BCUT2D eigenvalue weighted by Gasteiger charge is 2.34. The molecule has 2 aromatic heterocycles. The first-order chi connectivity index (χ1) is 18.7. The summed E-state index contributed by atoms with van der Waals surface area (Å²) in [4.78, 5) is 21.9.